The molecule has 0 aromatic heterocycles. The molecule has 2 N–H and O–H groups in total. The highest BCUT2D eigenvalue weighted by Gasteiger charge is 2.30. The highest BCUT2D eigenvalue weighted by Crippen LogP contribution is 2.10. The predicted molar refractivity (Wildman–Crippen MR) is 45.7 cm³/mol. The van der Waals surface area contributed by atoms with E-state index < -0.39 is 6.10 Å². The smallest absolute Gasteiger partial charge is 0.239 e. The molecular weight excluding hydrogens is 156 g/mol. The van der Waals surface area contributed by atoms with Crippen LogP contribution in [0.25, 0.3) is 0 Å². The van der Waals surface area contributed by atoms with Gasteiger partial charge in [-0.1, -0.05) is 0 Å². The highest BCUT2D eigenvalue weighted by molar-refractivity contribution is 5.83. The second kappa shape index (κ2) is 3.87. The number of aliphatic hydroxyl groups excluding tert-OH is 1. The van der Waals surface area contributed by atoms with Crippen molar-refractivity contribution in [2.45, 2.75) is 25.5 Å². The third-order valence-corrected chi connectivity index (χ3v) is 2.13. The molecule has 0 bridgehead atoms. The highest BCUT2D eigenvalue weighted by atomic mass is 16.3. The molecule has 1 aliphatic rings. The molecule has 1 aliphatic heterocycles. The first-order valence-corrected chi connectivity index (χ1v) is 4.29. The summed E-state index contributed by atoms with van der Waals surface area (Å²) in [4.78, 5) is 13.1. The van der Waals surface area contributed by atoms with Gasteiger partial charge in [-0.15, -0.1) is 0 Å². The lowest BCUT2D eigenvalue weighted by molar-refractivity contribution is -0.130. The molecule has 1 fully saturated rings. The van der Waals surface area contributed by atoms with Crippen LogP contribution in [0.2, 0.25) is 0 Å². The van der Waals surface area contributed by atoms with Gasteiger partial charge >= 0.3 is 0 Å². The van der Waals surface area contributed by atoms with Crippen LogP contribution in [-0.4, -0.2) is 48.2 Å². The Balaban J connectivity index is 2.44. The summed E-state index contributed by atoms with van der Waals surface area (Å²) in [5.74, 6) is 0.110. The summed E-state index contributed by atoms with van der Waals surface area (Å²) >= 11 is 0. The molecule has 1 rings (SSSR count). The number of hydrogen-bond acceptors (Lipinski definition) is 3. The molecule has 4 nitrogen and oxygen atoms in total. The van der Waals surface area contributed by atoms with E-state index >= 15 is 0 Å². The number of amides is 1. The van der Waals surface area contributed by atoms with Crippen molar-refractivity contribution in [3.63, 3.8) is 0 Å². The Morgan fingerprint density at radius 2 is 2.50 bits per heavy atom. The zero-order valence-corrected chi connectivity index (χ0v) is 7.58. The van der Waals surface area contributed by atoms with Gasteiger partial charge in [-0.2, -0.15) is 0 Å². The third-order valence-electron chi connectivity index (χ3n) is 2.13. The van der Waals surface area contributed by atoms with Gasteiger partial charge in [0.1, 0.15) is 0 Å². The van der Waals surface area contributed by atoms with Crippen molar-refractivity contribution < 1.29 is 9.90 Å². The van der Waals surface area contributed by atoms with E-state index in [0.717, 1.165) is 13.0 Å². The number of likely N-dealkylation sites (tertiary alicyclic amines) is 1. The van der Waals surface area contributed by atoms with Crippen molar-refractivity contribution in [2.24, 2.45) is 0 Å². The fourth-order valence-corrected chi connectivity index (χ4v) is 1.51. The number of carbonyl (C=O) groups excluding carboxylic acids is 1. The Kier molecular flexibility index (Phi) is 3.05. The van der Waals surface area contributed by atoms with E-state index in [1.54, 1.807) is 18.9 Å². The maximum atomic E-state index is 11.4. The molecule has 0 radical (unpaired) electrons. The summed E-state index contributed by atoms with van der Waals surface area (Å²) in [5, 5.41) is 12.0. The topological polar surface area (TPSA) is 52.6 Å². The molecule has 70 valence electrons. The molecule has 0 aromatic rings. The third kappa shape index (κ3) is 1.95. The molecule has 12 heavy (non-hydrogen) atoms. The van der Waals surface area contributed by atoms with Crippen LogP contribution in [0.3, 0.4) is 0 Å². The van der Waals surface area contributed by atoms with E-state index in [1.807, 2.05) is 0 Å². The van der Waals surface area contributed by atoms with E-state index in [9.17, 15) is 4.79 Å². The first kappa shape index (κ1) is 9.48. The van der Waals surface area contributed by atoms with Crippen molar-refractivity contribution in [1.82, 2.24) is 10.2 Å². The van der Waals surface area contributed by atoms with Crippen molar-refractivity contribution in [2.75, 3.05) is 20.1 Å². The van der Waals surface area contributed by atoms with Crippen molar-refractivity contribution >= 4 is 5.91 Å². The van der Waals surface area contributed by atoms with Crippen LogP contribution in [0.15, 0.2) is 0 Å². The second-order valence-corrected chi connectivity index (χ2v) is 3.26. The van der Waals surface area contributed by atoms with Crippen LogP contribution in [0.1, 0.15) is 13.3 Å². The van der Waals surface area contributed by atoms with Gasteiger partial charge in [0.15, 0.2) is 0 Å². The monoisotopic (exact) mass is 172 g/mol. The van der Waals surface area contributed by atoms with Gasteiger partial charge in [0.2, 0.25) is 5.91 Å². The van der Waals surface area contributed by atoms with E-state index in [2.05, 4.69) is 5.32 Å². The standard InChI is InChI=1S/C8H16N2O2/c1-6(11)5-10-4-3-7(9-2)8(10)12/h6-7,9,11H,3-5H2,1-2H3. The van der Waals surface area contributed by atoms with Gasteiger partial charge < -0.3 is 15.3 Å². The number of hydrogen-bond donors (Lipinski definition) is 2. The first-order chi connectivity index (χ1) is 5.65. The molecule has 2 unspecified atom stereocenters. The van der Waals surface area contributed by atoms with E-state index in [-0.39, 0.29) is 11.9 Å². The number of aliphatic hydroxyl groups is 1. The number of carbonyl (C=O) groups is 1. The number of likely N-dealkylation sites (N-methyl/N-ethyl adjacent to an activating group) is 1. The molecule has 0 spiro atoms. The minimum absolute atomic E-state index is 0.0382. The van der Waals surface area contributed by atoms with Crippen LogP contribution < -0.4 is 5.32 Å². The van der Waals surface area contributed by atoms with Gasteiger partial charge in [0.25, 0.3) is 0 Å². The quantitative estimate of drug-likeness (QED) is 0.585. The van der Waals surface area contributed by atoms with Gasteiger partial charge in [-0.3, -0.25) is 4.79 Å². The molecule has 0 saturated carbocycles. The zero-order chi connectivity index (χ0) is 9.14. The Morgan fingerprint density at radius 3 is 2.92 bits per heavy atom. The van der Waals surface area contributed by atoms with Gasteiger partial charge in [0.05, 0.1) is 12.1 Å². The molecule has 2 atom stereocenters. The summed E-state index contributed by atoms with van der Waals surface area (Å²) in [6, 6.07) is -0.0382. The lowest BCUT2D eigenvalue weighted by Crippen LogP contribution is -2.39. The largest absolute Gasteiger partial charge is 0.392 e. The van der Waals surface area contributed by atoms with Gasteiger partial charge in [0, 0.05) is 13.1 Å². The fraction of sp³-hybridized carbons (Fsp3) is 0.875. The number of rotatable bonds is 3. The number of nitrogens with zero attached hydrogens (tertiary/aromatic N) is 1. The molecular formula is C8H16N2O2. The van der Waals surface area contributed by atoms with Crippen LogP contribution in [0.4, 0.5) is 0 Å². The Morgan fingerprint density at radius 1 is 1.83 bits per heavy atom. The minimum atomic E-state index is -0.426. The summed E-state index contributed by atoms with van der Waals surface area (Å²) in [7, 11) is 1.79. The molecule has 0 aliphatic carbocycles. The summed E-state index contributed by atoms with van der Waals surface area (Å²) in [6.45, 7) is 2.91. The second-order valence-electron chi connectivity index (χ2n) is 3.26. The Labute approximate surface area is 72.6 Å². The predicted octanol–water partition coefficient (Wildman–Crippen LogP) is -0.813. The van der Waals surface area contributed by atoms with E-state index in [1.165, 1.54) is 0 Å². The maximum absolute atomic E-state index is 11.4. The summed E-state index contributed by atoms with van der Waals surface area (Å²) in [6.07, 6.45) is 0.423. The number of β-amino-alcohol motifs (C(OH)–C–C–N with tert-alkyl or cyclic N) is 1. The number of nitrogens with one attached hydrogen (secondary N) is 1. The Hall–Kier alpha value is -0.610. The lowest BCUT2D eigenvalue weighted by atomic mass is 10.2. The van der Waals surface area contributed by atoms with Crippen molar-refractivity contribution in [1.29, 1.82) is 0 Å². The Bertz CT molecular complexity index is 170. The van der Waals surface area contributed by atoms with Crippen molar-refractivity contribution in [3.8, 4) is 0 Å². The minimum Gasteiger partial charge on any atom is -0.392 e. The molecule has 1 heterocycles. The van der Waals surface area contributed by atoms with Crippen LogP contribution in [-0.2, 0) is 4.79 Å². The lowest BCUT2D eigenvalue weighted by Gasteiger charge is -2.17. The maximum Gasteiger partial charge on any atom is 0.239 e. The molecule has 1 amide bonds. The van der Waals surface area contributed by atoms with E-state index in [0.29, 0.717) is 6.54 Å². The summed E-state index contributed by atoms with van der Waals surface area (Å²) < 4.78 is 0. The normalized spacial score (nSPS) is 26.4. The fourth-order valence-electron chi connectivity index (χ4n) is 1.51. The molecule has 1 saturated heterocycles. The SMILES string of the molecule is CNC1CCN(CC(C)O)C1=O. The van der Waals surface area contributed by atoms with Gasteiger partial charge in [-0.05, 0) is 20.4 Å². The van der Waals surface area contributed by atoms with Gasteiger partial charge in [-0.25, -0.2) is 0 Å². The summed E-state index contributed by atoms with van der Waals surface area (Å²) in [5.41, 5.74) is 0. The molecule has 0 aromatic carbocycles. The molecule has 4 heteroatoms. The van der Waals surface area contributed by atoms with Crippen LogP contribution in [0.5, 0.6) is 0 Å². The average Bonchev–Trinajstić information content (AvgIpc) is 2.32. The first-order valence-electron chi connectivity index (χ1n) is 4.29. The average molecular weight is 172 g/mol. The van der Waals surface area contributed by atoms with Crippen LogP contribution >= 0.6 is 0 Å². The van der Waals surface area contributed by atoms with Crippen LogP contribution in [0, 0.1) is 0 Å². The van der Waals surface area contributed by atoms with Crippen molar-refractivity contribution in [3.05, 3.63) is 0 Å². The van der Waals surface area contributed by atoms with E-state index in [4.69, 9.17) is 5.11 Å². The zero-order valence-electron chi connectivity index (χ0n) is 7.58.